The minimum Gasteiger partial charge on any atom is -0.451 e. The van der Waals surface area contributed by atoms with Crippen molar-refractivity contribution in [2.45, 2.75) is 12.8 Å². The Kier molecular flexibility index (Phi) is 8.31. The lowest BCUT2D eigenvalue weighted by atomic mass is 10.1. The number of hydrogen-bond acceptors (Lipinski definition) is 8. The predicted octanol–water partition coefficient (Wildman–Crippen LogP) is 1.27. The molecule has 40 heavy (non-hydrogen) atoms. The molecule has 2 aliphatic heterocycles. The fourth-order valence-electron chi connectivity index (χ4n) is 4.87. The van der Waals surface area contributed by atoms with Gasteiger partial charge in [0, 0.05) is 45.5 Å². The fraction of sp³-hybridized carbons (Fsp3) is 0.370. The maximum atomic E-state index is 15.5. The number of nitrogens with two attached hydrogens (primary N) is 2. The molecule has 0 unspecified atom stereocenters. The Morgan fingerprint density at radius 3 is 2.62 bits per heavy atom. The number of hydrogen-bond donors (Lipinski definition) is 5. The van der Waals surface area contributed by atoms with Crippen molar-refractivity contribution in [3.05, 3.63) is 58.1 Å². The molecule has 3 heterocycles. The van der Waals surface area contributed by atoms with Crippen molar-refractivity contribution < 1.29 is 18.7 Å². The van der Waals surface area contributed by atoms with E-state index in [2.05, 4.69) is 26.0 Å². The summed E-state index contributed by atoms with van der Waals surface area (Å²) in [5.41, 5.74) is 6.06. The maximum Gasteiger partial charge on any atom is 0.256 e. The second kappa shape index (κ2) is 12.2. The Balaban J connectivity index is 1.42. The first-order chi connectivity index (χ1) is 19.5. The predicted molar refractivity (Wildman–Crippen MR) is 151 cm³/mol. The van der Waals surface area contributed by atoms with Gasteiger partial charge in [0.1, 0.15) is 16.8 Å². The lowest BCUT2D eigenvalue weighted by molar-refractivity contribution is 0.0398. The Labute approximate surface area is 230 Å². The Morgan fingerprint density at radius 2 is 1.85 bits per heavy atom. The molecule has 3 aromatic rings. The van der Waals surface area contributed by atoms with E-state index in [-0.39, 0.29) is 28.3 Å². The number of nitrogens with zero attached hydrogens (tertiary/aromatic N) is 3. The maximum absolute atomic E-state index is 15.5. The van der Waals surface area contributed by atoms with Gasteiger partial charge in [-0.2, -0.15) is 0 Å². The molecular formula is C27H33FN8O4. The monoisotopic (exact) mass is 552 g/mol. The Morgan fingerprint density at radius 1 is 1.10 bits per heavy atom. The van der Waals surface area contributed by atoms with Gasteiger partial charge in [0.15, 0.2) is 17.3 Å². The van der Waals surface area contributed by atoms with Crippen molar-refractivity contribution >= 4 is 28.5 Å². The number of carbonyl (C=O) groups is 1. The SMILES string of the molecule is NN=C(N)NCCCCNC(=O)c1cn2c3c(c(NCCN4CCOCC4)c(F)cc3c1=O)Oc1ccccc1-2. The van der Waals surface area contributed by atoms with E-state index in [4.69, 9.17) is 21.1 Å². The molecule has 0 spiro atoms. The molecule has 0 saturated carbocycles. The van der Waals surface area contributed by atoms with Crippen molar-refractivity contribution in [3.8, 4) is 17.2 Å². The summed E-state index contributed by atoms with van der Waals surface area (Å²) in [7, 11) is 0. The number of benzene rings is 2. The summed E-state index contributed by atoms with van der Waals surface area (Å²) < 4.78 is 28.8. The summed E-state index contributed by atoms with van der Waals surface area (Å²) in [5, 5.41) is 12.2. The van der Waals surface area contributed by atoms with Crippen LogP contribution in [0.1, 0.15) is 23.2 Å². The molecule has 212 valence electrons. The standard InChI is InChI=1S/C27H33FN8O4/c28-19-15-17-23-25(22(19)31-9-10-35-11-13-39-14-12-35)40-21-6-2-1-5-20(21)36(23)16-18(24(17)37)26(38)32-7-3-4-8-33-27(29)34-30/h1-2,5-6,15-16,31H,3-4,7-14,30H2,(H,32,38)(H3,29,33,34). The first kappa shape index (κ1) is 27.2. The Hall–Kier alpha value is -4.36. The number of halogens is 1. The second-order valence-electron chi connectivity index (χ2n) is 9.56. The van der Waals surface area contributed by atoms with E-state index in [1.54, 1.807) is 10.6 Å². The zero-order chi connectivity index (χ0) is 28.1. The van der Waals surface area contributed by atoms with Crippen LogP contribution in [0, 0.1) is 5.82 Å². The van der Waals surface area contributed by atoms with Crippen LogP contribution in [0.4, 0.5) is 10.1 Å². The number of para-hydroxylation sites is 2. The van der Waals surface area contributed by atoms with Crippen LogP contribution < -0.4 is 37.7 Å². The highest BCUT2D eigenvalue weighted by Gasteiger charge is 2.28. The number of rotatable bonds is 10. The number of amides is 1. The van der Waals surface area contributed by atoms with Gasteiger partial charge >= 0.3 is 0 Å². The van der Waals surface area contributed by atoms with E-state index < -0.39 is 17.2 Å². The summed E-state index contributed by atoms with van der Waals surface area (Å²) in [6.07, 6.45) is 2.83. The van der Waals surface area contributed by atoms with Crippen LogP contribution in [0.25, 0.3) is 16.6 Å². The number of guanidine groups is 1. The molecule has 2 aliphatic rings. The van der Waals surface area contributed by atoms with Gasteiger partial charge in [-0.3, -0.25) is 14.5 Å². The second-order valence-corrected chi connectivity index (χ2v) is 9.56. The number of ether oxygens (including phenoxy) is 2. The van der Waals surface area contributed by atoms with Gasteiger partial charge < -0.3 is 41.6 Å². The van der Waals surface area contributed by atoms with E-state index in [0.29, 0.717) is 69.2 Å². The highest BCUT2D eigenvalue weighted by atomic mass is 19.1. The van der Waals surface area contributed by atoms with Gasteiger partial charge in [-0.15, -0.1) is 5.10 Å². The number of fused-ring (bicyclic) bond motifs is 2. The van der Waals surface area contributed by atoms with Crippen molar-refractivity contribution in [2.24, 2.45) is 16.7 Å². The van der Waals surface area contributed by atoms with Crippen LogP contribution in [-0.4, -0.2) is 73.8 Å². The first-order valence-electron chi connectivity index (χ1n) is 13.3. The highest BCUT2D eigenvalue weighted by molar-refractivity contribution is 6.01. The molecule has 1 saturated heterocycles. The molecule has 0 aliphatic carbocycles. The average molecular weight is 553 g/mol. The molecule has 0 bridgehead atoms. The van der Waals surface area contributed by atoms with Crippen LogP contribution in [0.2, 0.25) is 0 Å². The zero-order valence-electron chi connectivity index (χ0n) is 22.0. The number of pyridine rings is 1. The lowest BCUT2D eigenvalue weighted by Crippen LogP contribution is -2.39. The largest absolute Gasteiger partial charge is 0.451 e. The van der Waals surface area contributed by atoms with Gasteiger partial charge in [-0.1, -0.05) is 12.1 Å². The smallest absolute Gasteiger partial charge is 0.256 e. The molecule has 5 rings (SSSR count). The van der Waals surface area contributed by atoms with Crippen molar-refractivity contribution in [2.75, 3.05) is 57.8 Å². The van der Waals surface area contributed by atoms with E-state index in [1.165, 1.54) is 12.3 Å². The third kappa shape index (κ3) is 5.65. The van der Waals surface area contributed by atoms with Gasteiger partial charge in [0.2, 0.25) is 11.4 Å². The van der Waals surface area contributed by atoms with E-state index in [0.717, 1.165) is 13.1 Å². The highest BCUT2D eigenvalue weighted by Crippen LogP contribution is 2.44. The number of morpholine rings is 1. The summed E-state index contributed by atoms with van der Waals surface area (Å²) in [5.74, 6) is 4.75. The zero-order valence-corrected chi connectivity index (χ0v) is 22.0. The normalized spacial score (nSPS) is 14.9. The minimum absolute atomic E-state index is 0.0640. The number of hydrazone groups is 1. The molecule has 7 N–H and O–H groups in total. The molecule has 0 radical (unpaired) electrons. The molecule has 1 fully saturated rings. The van der Waals surface area contributed by atoms with Crippen LogP contribution in [0.15, 0.2) is 46.4 Å². The van der Waals surface area contributed by atoms with Crippen LogP contribution >= 0.6 is 0 Å². The quantitative estimate of drug-likeness (QED) is 0.0641. The third-order valence-corrected chi connectivity index (χ3v) is 6.94. The fourth-order valence-corrected chi connectivity index (χ4v) is 4.87. The molecule has 1 aromatic heterocycles. The summed E-state index contributed by atoms with van der Waals surface area (Å²) in [6.45, 7) is 5.03. The molecular weight excluding hydrogens is 519 g/mol. The summed E-state index contributed by atoms with van der Waals surface area (Å²) >= 11 is 0. The molecule has 13 heteroatoms. The molecule has 0 atom stereocenters. The van der Waals surface area contributed by atoms with E-state index >= 15 is 4.39 Å². The number of unbranched alkanes of at least 4 members (excludes halogenated alkanes) is 1. The first-order valence-corrected chi connectivity index (χ1v) is 13.3. The minimum atomic E-state index is -0.627. The molecule has 2 aromatic carbocycles. The number of nitrogens with one attached hydrogen (secondary N) is 3. The topological polar surface area (TPSA) is 161 Å². The number of aromatic nitrogens is 1. The van der Waals surface area contributed by atoms with Gasteiger partial charge in [-0.25, -0.2) is 4.39 Å². The molecule has 12 nitrogen and oxygen atoms in total. The number of carbonyl (C=O) groups excluding carboxylic acids is 1. The van der Waals surface area contributed by atoms with Crippen molar-refractivity contribution in [1.29, 1.82) is 0 Å². The van der Waals surface area contributed by atoms with Crippen molar-refractivity contribution in [1.82, 2.24) is 20.1 Å². The number of anilines is 1. The van der Waals surface area contributed by atoms with Gasteiger partial charge in [0.25, 0.3) is 5.91 Å². The molecule has 1 amide bonds. The lowest BCUT2D eigenvalue weighted by Gasteiger charge is -2.28. The van der Waals surface area contributed by atoms with Gasteiger partial charge in [0.05, 0.1) is 24.3 Å². The average Bonchev–Trinajstić information content (AvgIpc) is 2.97. The van der Waals surface area contributed by atoms with Crippen LogP contribution in [-0.2, 0) is 4.74 Å². The van der Waals surface area contributed by atoms with E-state index in [1.807, 2.05) is 18.2 Å². The summed E-state index contributed by atoms with van der Waals surface area (Å²) in [6, 6.07) is 8.41. The van der Waals surface area contributed by atoms with Crippen molar-refractivity contribution in [3.63, 3.8) is 0 Å². The third-order valence-electron chi connectivity index (χ3n) is 6.94. The van der Waals surface area contributed by atoms with E-state index in [9.17, 15) is 9.59 Å². The van der Waals surface area contributed by atoms with Crippen LogP contribution in [0.5, 0.6) is 11.5 Å². The summed E-state index contributed by atoms with van der Waals surface area (Å²) in [4.78, 5) is 28.8. The van der Waals surface area contributed by atoms with Crippen LogP contribution in [0.3, 0.4) is 0 Å². The van der Waals surface area contributed by atoms with Gasteiger partial charge in [-0.05, 0) is 31.0 Å². The Bertz CT molecular complexity index is 1490.